The van der Waals surface area contributed by atoms with Gasteiger partial charge in [-0.15, -0.1) is 0 Å². The van der Waals surface area contributed by atoms with Crippen LogP contribution in [0, 0.1) is 0 Å². The number of hydrogen-bond acceptors (Lipinski definition) is 4. The van der Waals surface area contributed by atoms with Crippen molar-refractivity contribution in [1.82, 2.24) is 4.98 Å². The SMILES string of the molecule is O/N=C1/CCc2cc(OCc3cccnc3)ccc21. The average Bonchev–Trinajstić information content (AvgIpc) is 2.88. The van der Waals surface area contributed by atoms with Gasteiger partial charge in [0.2, 0.25) is 0 Å². The van der Waals surface area contributed by atoms with Crippen LogP contribution in [0.5, 0.6) is 5.75 Å². The van der Waals surface area contributed by atoms with Gasteiger partial charge in [-0.1, -0.05) is 11.2 Å². The van der Waals surface area contributed by atoms with Gasteiger partial charge < -0.3 is 9.94 Å². The van der Waals surface area contributed by atoms with Crippen LogP contribution in [0.1, 0.15) is 23.1 Å². The highest BCUT2D eigenvalue weighted by Gasteiger charge is 2.18. The number of oxime groups is 1. The van der Waals surface area contributed by atoms with E-state index in [1.165, 1.54) is 5.56 Å². The van der Waals surface area contributed by atoms with Gasteiger partial charge in [0.05, 0.1) is 5.71 Å². The van der Waals surface area contributed by atoms with Gasteiger partial charge in [-0.3, -0.25) is 4.98 Å². The van der Waals surface area contributed by atoms with E-state index in [2.05, 4.69) is 10.1 Å². The van der Waals surface area contributed by atoms with Crippen LogP contribution in [-0.2, 0) is 13.0 Å². The van der Waals surface area contributed by atoms with Crippen LogP contribution in [0.25, 0.3) is 0 Å². The van der Waals surface area contributed by atoms with Gasteiger partial charge in [0.15, 0.2) is 0 Å². The molecule has 1 aromatic carbocycles. The fraction of sp³-hybridized carbons (Fsp3) is 0.200. The fourth-order valence-corrected chi connectivity index (χ4v) is 2.29. The van der Waals surface area contributed by atoms with Crippen LogP contribution in [0.4, 0.5) is 0 Å². The third-order valence-electron chi connectivity index (χ3n) is 3.27. The van der Waals surface area contributed by atoms with Gasteiger partial charge in [0.25, 0.3) is 0 Å². The van der Waals surface area contributed by atoms with Crippen molar-refractivity contribution in [2.24, 2.45) is 5.16 Å². The third-order valence-corrected chi connectivity index (χ3v) is 3.27. The minimum absolute atomic E-state index is 0.508. The van der Waals surface area contributed by atoms with Crippen molar-refractivity contribution in [3.63, 3.8) is 0 Å². The molecule has 0 atom stereocenters. The topological polar surface area (TPSA) is 54.7 Å². The molecule has 1 aliphatic carbocycles. The molecule has 1 aromatic heterocycles. The van der Waals surface area contributed by atoms with Gasteiger partial charge in [-0.25, -0.2) is 0 Å². The Labute approximate surface area is 111 Å². The average molecular weight is 254 g/mol. The lowest BCUT2D eigenvalue weighted by Crippen LogP contribution is -1.97. The number of aromatic nitrogens is 1. The van der Waals surface area contributed by atoms with E-state index in [1.807, 2.05) is 30.3 Å². The summed E-state index contributed by atoms with van der Waals surface area (Å²) in [6.45, 7) is 0.508. The number of aryl methyl sites for hydroxylation is 1. The lowest BCUT2D eigenvalue weighted by Gasteiger charge is -2.07. The van der Waals surface area contributed by atoms with E-state index in [9.17, 15) is 0 Å². The van der Waals surface area contributed by atoms with E-state index >= 15 is 0 Å². The summed E-state index contributed by atoms with van der Waals surface area (Å²) in [5.41, 5.74) is 4.00. The second kappa shape index (κ2) is 5.10. The molecule has 2 aromatic rings. The molecule has 1 aliphatic rings. The van der Waals surface area contributed by atoms with E-state index in [0.29, 0.717) is 6.61 Å². The van der Waals surface area contributed by atoms with Crippen molar-refractivity contribution in [1.29, 1.82) is 0 Å². The van der Waals surface area contributed by atoms with Gasteiger partial charge >= 0.3 is 0 Å². The van der Waals surface area contributed by atoms with E-state index in [1.54, 1.807) is 12.4 Å². The van der Waals surface area contributed by atoms with Crippen LogP contribution in [0.15, 0.2) is 47.9 Å². The molecule has 4 nitrogen and oxygen atoms in total. The summed E-state index contributed by atoms with van der Waals surface area (Å²) in [5, 5.41) is 12.2. The van der Waals surface area contributed by atoms with E-state index < -0.39 is 0 Å². The van der Waals surface area contributed by atoms with Crippen molar-refractivity contribution in [3.8, 4) is 5.75 Å². The predicted octanol–water partition coefficient (Wildman–Crippen LogP) is 2.79. The van der Waals surface area contributed by atoms with Gasteiger partial charge in [-0.2, -0.15) is 0 Å². The molecule has 0 fully saturated rings. The lowest BCUT2D eigenvalue weighted by atomic mass is 10.1. The molecule has 4 heteroatoms. The monoisotopic (exact) mass is 254 g/mol. The molecule has 0 aliphatic heterocycles. The molecule has 19 heavy (non-hydrogen) atoms. The number of hydrogen-bond donors (Lipinski definition) is 1. The Bertz CT molecular complexity index is 609. The molecule has 3 rings (SSSR count). The summed E-state index contributed by atoms with van der Waals surface area (Å²) in [6, 6.07) is 9.76. The molecule has 96 valence electrons. The van der Waals surface area contributed by atoms with Crippen molar-refractivity contribution >= 4 is 5.71 Å². The first-order valence-electron chi connectivity index (χ1n) is 6.23. The maximum Gasteiger partial charge on any atom is 0.120 e. The summed E-state index contributed by atoms with van der Waals surface area (Å²) < 4.78 is 5.74. The van der Waals surface area contributed by atoms with Crippen molar-refractivity contribution in [3.05, 3.63) is 59.4 Å². The van der Waals surface area contributed by atoms with Crippen molar-refractivity contribution in [2.75, 3.05) is 0 Å². The van der Waals surface area contributed by atoms with E-state index in [4.69, 9.17) is 9.94 Å². The molecule has 1 N–H and O–H groups in total. The van der Waals surface area contributed by atoms with Crippen LogP contribution in [-0.4, -0.2) is 15.9 Å². The third kappa shape index (κ3) is 2.42. The number of nitrogens with zero attached hydrogens (tertiary/aromatic N) is 2. The van der Waals surface area contributed by atoms with Gasteiger partial charge in [0, 0.05) is 23.5 Å². The van der Waals surface area contributed by atoms with E-state index in [-0.39, 0.29) is 0 Å². The molecule has 0 unspecified atom stereocenters. The number of ether oxygens (including phenoxy) is 1. The minimum Gasteiger partial charge on any atom is -0.489 e. The lowest BCUT2D eigenvalue weighted by molar-refractivity contribution is 0.305. The van der Waals surface area contributed by atoms with Crippen LogP contribution >= 0.6 is 0 Å². The number of fused-ring (bicyclic) bond motifs is 1. The van der Waals surface area contributed by atoms with E-state index in [0.717, 1.165) is 35.4 Å². The van der Waals surface area contributed by atoms with Crippen LogP contribution in [0.2, 0.25) is 0 Å². The first kappa shape index (κ1) is 11.7. The fourth-order valence-electron chi connectivity index (χ4n) is 2.29. The highest BCUT2D eigenvalue weighted by atomic mass is 16.5. The van der Waals surface area contributed by atoms with Crippen molar-refractivity contribution < 1.29 is 9.94 Å². The van der Waals surface area contributed by atoms with Gasteiger partial charge in [-0.05, 0) is 42.7 Å². The molecular formula is C15H14N2O2. The quantitative estimate of drug-likeness (QED) is 0.677. The highest BCUT2D eigenvalue weighted by Crippen LogP contribution is 2.27. The minimum atomic E-state index is 0.508. The zero-order chi connectivity index (χ0) is 13.1. The predicted molar refractivity (Wildman–Crippen MR) is 71.7 cm³/mol. The second-order valence-corrected chi connectivity index (χ2v) is 4.52. The number of rotatable bonds is 3. The maximum atomic E-state index is 8.88. The molecule has 0 radical (unpaired) electrons. The van der Waals surface area contributed by atoms with Crippen molar-refractivity contribution in [2.45, 2.75) is 19.4 Å². The Hall–Kier alpha value is -2.36. The molecule has 0 saturated heterocycles. The Morgan fingerprint density at radius 2 is 2.21 bits per heavy atom. The molecule has 0 saturated carbocycles. The summed E-state index contributed by atoms with van der Waals surface area (Å²) in [6.07, 6.45) is 5.23. The summed E-state index contributed by atoms with van der Waals surface area (Å²) in [4.78, 5) is 4.05. The Morgan fingerprint density at radius 1 is 1.26 bits per heavy atom. The van der Waals surface area contributed by atoms with Crippen LogP contribution < -0.4 is 4.74 Å². The Morgan fingerprint density at radius 3 is 3.00 bits per heavy atom. The standard InChI is InChI=1S/C15H14N2O2/c18-17-15-6-3-12-8-13(4-5-14(12)15)19-10-11-2-1-7-16-9-11/h1-2,4-5,7-9,18H,3,6,10H2/b17-15-. The second-order valence-electron chi connectivity index (χ2n) is 4.52. The van der Waals surface area contributed by atoms with Crippen LogP contribution in [0.3, 0.4) is 0 Å². The Balaban J connectivity index is 1.74. The molecule has 1 heterocycles. The number of benzene rings is 1. The summed E-state index contributed by atoms with van der Waals surface area (Å²) in [5.74, 6) is 0.835. The zero-order valence-corrected chi connectivity index (χ0v) is 10.4. The smallest absolute Gasteiger partial charge is 0.120 e. The highest BCUT2D eigenvalue weighted by molar-refractivity contribution is 6.04. The maximum absolute atomic E-state index is 8.88. The number of pyridine rings is 1. The summed E-state index contributed by atoms with van der Waals surface area (Å²) in [7, 11) is 0. The first-order chi connectivity index (χ1) is 9.36. The normalized spacial score (nSPS) is 15.5. The first-order valence-corrected chi connectivity index (χ1v) is 6.23. The molecule has 0 amide bonds. The summed E-state index contributed by atoms with van der Waals surface area (Å²) >= 11 is 0. The Kier molecular flexibility index (Phi) is 3.14. The zero-order valence-electron chi connectivity index (χ0n) is 10.4. The molecular weight excluding hydrogens is 240 g/mol. The molecule has 0 spiro atoms. The van der Waals surface area contributed by atoms with Gasteiger partial charge in [0.1, 0.15) is 12.4 Å². The largest absolute Gasteiger partial charge is 0.489 e. The molecule has 0 bridgehead atoms.